The standard InChI is InChI=1S/C22H23ClFN3O2/c23-18-7-5-16(15-19(18)24)25-22-8-6-17-20(26-22)3-1-4-21(17)29-12-2-9-27-10-13-28-14-11-27/h1,3-8,15H,2,9-14H2,(H,25,26). The molecule has 2 heterocycles. The molecule has 0 saturated carbocycles. The first-order valence-electron chi connectivity index (χ1n) is 9.74. The summed E-state index contributed by atoms with van der Waals surface area (Å²) in [5, 5.41) is 4.15. The van der Waals surface area contributed by atoms with E-state index in [9.17, 15) is 4.39 Å². The Morgan fingerprint density at radius 2 is 2.00 bits per heavy atom. The molecule has 1 saturated heterocycles. The van der Waals surface area contributed by atoms with Gasteiger partial charge in [0.2, 0.25) is 0 Å². The Balaban J connectivity index is 1.39. The molecule has 2 aromatic carbocycles. The highest BCUT2D eigenvalue weighted by molar-refractivity contribution is 6.30. The number of morpholine rings is 1. The molecule has 7 heteroatoms. The van der Waals surface area contributed by atoms with Crippen molar-refractivity contribution in [1.29, 1.82) is 0 Å². The van der Waals surface area contributed by atoms with Gasteiger partial charge < -0.3 is 14.8 Å². The number of halogens is 2. The predicted molar refractivity (Wildman–Crippen MR) is 114 cm³/mol. The van der Waals surface area contributed by atoms with Crippen molar-refractivity contribution < 1.29 is 13.9 Å². The number of nitrogens with one attached hydrogen (secondary N) is 1. The topological polar surface area (TPSA) is 46.6 Å². The molecule has 0 bridgehead atoms. The molecule has 0 spiro atoms. The normalized spacial score (nSPS) is 14.8. The molecular formula is C22H23ClFN3O2. The molecular weight excluding hydrogens is 393 g/mol. The molecule has 1 fully saturated rings. The van der Waals surface area contributed by atoms with E-state index in [0.717, 1.165) is 55.9 Å². The number of hydrogen-bond donors (Lipinski definition) is 1. The van der Waals surface area contributed by atoms with Gasteiger partial charge in [0.25, 0.3) is 0 Å². The van der Waals surface area contributed by atoms with Gasteiger partial charge in [-0.3, -0.25) is 4.90 Å². The molecule has 1 aliphatic heterocycles. The summed E-state index contributed by atoms with van der Waals surface area (Å²) in [7, 11) is 0. The molecule has 3 aromatic rings. The van der Waals surface area contributed by atoms with E-state index in [1.165, 1.54) is 12.1 Å². The summed E-state index contributed by atoms with van der Waals surface area (Å²) in [6.45, 7) is 5.28. The predicted octanol–water partition coefficient (Wildman–Crippen LogP) is 4.87. The quantitative estimate of drug-likeness (QED) is 0.558. The molecule has 1 N–H and O–H groups in total. The second kappa shape index (κ2) is 9.39. The molecule has 0 amide bonds. The van der Waals surface area contributed by atoms with Crippen LogP contribution in [0.25, 0.3) is 10.9 Å². The smallest absolute Gasteiger partial charge is 0.143 e. The van der Waals surface area contributed by atoms with Crippen LogP contribution in [-0.4, -0.2) is 49.3 Å². The Hall–Kier alpha value is -2.41. The van der Waals surface area contributed by atoms with Gasteiger partial charge >= 0.3 is 0 Å². The minimum absolute atomic E-state index is 0.0948. The highest BCUT2D eigenvalue weighted by Crippen LogP contribution is 2.27. The molecule has 4 rings (SSSR count). The summed E-state index contributed by atoms with van der Waals surface area (Å²) in [4.78, 5) is 7.01. The van der Waals surface area contributed by atoms with Crippen molar-refractivity contribution in [1.82, 2.24) is 9.88 Å². The van der Waals surface area contributed by atoms with E-state index in [2.05, 4.69) is 15.2 Å². The number of aromatic nitrogens is 1. The molecule has 1 aliphatic rings. The first-order valence-corrected chi connectivity index (χ1v) is 10.1. The van der Waals surface area contributed by atoms with Gasteiger partial charge in [0, 0.05) is 30.7 Å². The SMILES string of the molecule is Fc1cc(Nc2ccc3c(OCCCN4CCOCC4)cccc3n2)ccc1Cl. The van der Waals surface area contributed by atoms with E-state index in [1.807, 2.05) is 30.3 Å². The number of pyridine rings is 1. The van der Waals surface area contributed by atoms with Crippen LogP contribution in [0.1, 0.15) is 6.42 Å². The van der Waals surface area contributed by atoms with E-state index in [1.54, 1.807) is 6.07 Å². The second-order valence-corrected chi connectivity index (χ2v) is 7.34. The number of anilines is 2. The van der Waals surface area contributed by atoms with E-state index < -0.39 is 5.82 Å². The highest BCUT2D eigenvalue weighted by Gasteiger charge is 2.10. The van der Waals surface area contributed by atoms with E-state index in [4.69, 9.17) is 21.1 Å². The number of fused-ring (bicyclic) bond motifs is 1. The van der Waals surface area contributed by atoms with Crippen LogP contribution >= 0.6 is 11.6 Å². The van der Waals surface area contributed by atoms with Crippen molar-refractivity contribution in [2.24, 2.45) is 0 Å². The zero-order valence-corrected chi connectivity index (χ0v) is 16.8. The summed E-state index contributed by atoms with van der Waals surface area (Å²) in [5.74, 6) is 0.981. The lowest BCUT2D eigenvalue weighted by Gasteiger charge is -2.26. The highest BCUT2D eigenvalue weighted by atomic mass is 35.5. The van der Waals surface area contributed by atoms with Gasteiger partial charge in [-0.15, -0.1) is 0 Å². The summed E-state index contributed by atoms with van der Waals surface area (Å²) < 4.78 is 25.0. The summed E-state index contributed by atoms with van der Waals surface area (Å²) in [6.07, 6.45) is 0.964. The van der Waals surface area contributed by atoms with Gasteiger partial charge in [-0.05, 0) is 48.9 Å². The van der Waals surface area contributed by atoms with E-state index >= 15 is 0 Å². The fourth-order valence-corrected chi connectivity index (χ4v) is 3.46. The van der Waals surface area contributed by atoms with Crippen molar-refractivity contribution in [3.8, 4) is 5.75 Å². The van der Waals surface area contributed by atoms with E-state index in [0.29, 0.717) is 18.1 Å². The summed E-state index contributed by atoms with van der Waals surface area (Å²) in [6, 6.07) is 14.2. The third kappa shape index (κ3) is 5.15. The Morgan fingerprint density at radius 1 is 1.14 bits per heavy atom. The van der Waals surface area contributed by atoms with E-state index in [-0.39, 0.29) is 5.02 Å². The largest absolute Gasteiger partial charge is 0.493 e. The van der Waals surface area contributed by atoms with Crippen LogP contribution in [0.3, 0.4) is 0 Å². The van der Waals surface area contributed by atoms with Crippen LogP contribution in [0.4, 0.5) is 15.9 Å². The van der Waals surface area contributed by atoms with Crippen LogP contribution in [0.15, 0.2) is 48.5 Å². The molecule has 0 radical (unpaired) electrons. The average Bonchev–Trinajstić information content (AvgIpc) is 2.74. The first kappa shape index (κ1) is 19.9. The van der Waals surface area contributed by atoms with Crippen molar-refractivity contribution >= 4 is 34.0 Å². The lowest BCUT2D eigenvalue weighted by atomic mass is 10.2. The van der Waals surface area contributed by atoms with Gasteiger partial charge in [-0.2, -0.15) is 0 Å². The van der Waals surface area contributed by atoms with Crippen molar-refractivity contribution in [2.45, 2.75) is 6.42 Å². The number of ether oxygens (including phenoxy) is 2. The minimum atomic E-state index is -0.467. The fraction of sp³-hybridized carbons (Fsp3) is 0.318. The van der Waals surface area contributed by atoms with Gasteiger partial charge in [-0.1, -0.05) is 17.7 Å². The Kier molecular flexibility index (Phi) is 6.44. The van der Waals surface area contributed by atoms with Crippen LogP contribution < -0.4 is 10.1 Å². The Labute approximate surface area is 174 Å². The van der Waals surface area contributed by atoms with Gasteiger partial charge in [0.15, 0.2) is 0 Å². The fourth-order valence-electron chi connectivity index (χ4n) is 3.34. The molecule has 29 heavy (non-hydrogen) atoms. The minimum Gasteiger partial charge on any atom is -0.493 e. The maximum Gasteiger partial charge on any atom is 0.143 e. The number of nitrogens with zero attached hydrogens (tertiary/aromatic N) is 2. The number of rotatable bonds is 7. The summed E-state index contributed by atoms with van der Waals surface area (Å²) >= 11 is 5.73. The zero-order chi connectivity index (χ0) is 20.1. The number of hydrogen-bond acceptors (Lipinski definition) is 5. The van der Waals surface area contributed by atoms with Crippen LogP contribution in [-0.2, 0) is 4.74 Å². The van der Waals surface area contributed by atoms with Gasteiger partial charge in [-0.25, -0.2) is 9.37 Å². The average molecular weight is 416 g/mol. The third-order valence-corrected chi connectivity index (χ3v) is 5.17. The Morgan fingerprint density at radius 3 is 2.83 bits per heavy atom. The van der Waals surface area contributed by atoms with Gasteiger partial charge in [0.1, 0.15) is 17.4 Å². The number of benzene rings is 2. The van der Waals surface area contributed by atoms with Crippen molar-refractivity contribution in [3.63, 3.8) is 0 Å². The zero-order valence-electron chi connectivity index (χ0n) is 16.0. The van der Waals surface area contributed by atoms with Crippen LogP contribution in [0.2, 0.25) is 5.02 Å². The molecule has 5 nitrogen and oxygen atoms in total. The second-order valence-electron chi connectivity index (χ2n) is 6.93. The first-order chi connectivity index (χ1) is 14.2. The van der Waals surface area contributed by atoms with Crippen molar-refractivity contribution in [2.75, 3.05) is 44.8 Å². The van der Waals surface area contributed by atoms with Crippen molar-refractivity contribution in [3.05, 3.63) is 59.4 Å². The molecule has 0 unspecified atom stereocenters. The summed E-state index contributed by atoms with van der Waals surface area (Å²) in [5.41, 5.74) is 1.41. The molecule has 152 valence electrons. The maximum atomic E-state index is 13.6. The van der Waals surface area contributed by atoms with Gasteiger partial charge in [0.05, 0.1) is 30.4 Å². The lowest BCUT2D eigenvalue weighted by Crippen LogP contribution is -2.37. The lowest BCUT2D eigenvalue weighted by molar-refractivity contribution is 0.0358. The molecule has 1 aromatic heterocycles. The third-order valence-electron chi connectivity index (χ3n) is 4.86. The molecule has 0 atom stereocenters. The maximum absolute atomic E-state index is 13.6. The Bertz CT molecular complexity index is 979. The monoisotopic (exact) mass is 415 g/mol. The van der Waals surface area contributed by atoms with Crippen LogP contribution in [0.5, 0.6) is 5.75 Å². The van der Waals surface area contributed by atoms with Crippen LogP contribution in [0, 0.1) is 5.82 Å². The molecule has 0 aliphatic carbocycles.